The van der Waals surface area contributed by atoms with Crippen LogP contribution in [0.5, 0.6) is 0 Å². The molecule has 0 aromatic heterocycles. The predicted octanol–water partition coefficient (Wildman–Crippen LogP) is 2.98. The molecule has 2 aliphatic carbocycles. The lowest BCUT2D eigenvalue weighted by Crippen LogP contribution is -2.24. The van der Waals surface area contributed by atoms with E-state index in [0.717, 1.165) is 37.7 Å². The van der Waals surface area contributed by atoms with Crippen LogP contribution in [0, 0.1) is 17.8 Å². The van der Waals surface area contributed by atoms with Crippen molar-refractivity contribution >= 4 is 0 Å². The molecule has 22 heavy (non-hydrogen) atoms. The molecular formula is C19H30O3. The van der Waals surface area contributed by atoms with Crippen molar-refractivity contribution in [3.05, 3.63) is 36.5 Å². The van der Waals surface area contributed by atoms with E-state index in [1.165, 1.54) is 0 Å². The molecule has 3 N–H and O–H groups in total. The van der Waals surface area contributed by atoms with Gasteiger partial charge in [-0.15, -0.1) is 0 Å². The van der Waals surface area contributed by atoms with Crippen LogP contribution in [0.1, 0.15) is 45.4 Å². The quantitative estimate of drug-likeness (QED) is 0.477. The van der Waals surface area contributed by atoms with Gasteiger partial charge in [-0.2, -0.15) is 0 Å². The molecule has 2 rings (SSSR count). The van der Waals surface area contributed by atoms with Crippen molar-refractivity contribution in [1.29, 1.82) is 0 Å². The minimum Gasteiger partial charge on any atom is -0.392 e. The number of fused-ring (bicyclic) bond motifs is 1. The zero-order valence-corrected chi connectivity index (χ0v) is 13.6. The molecule has 1 saturated carbocycles. The molecular weight excluding hydrogens is 276 g/mol. The first-order valence-electron chi connectivity index (χ1n) is 8.56. The summed E-state index contributed by atoms with van der Waals surface area (Å²) < 4.78 is 0. The zero-order valence-electron chi connectivity index (χ0n) is 13.6. The Kier molecular flexibility index (Phi) is 6.01. The molecule has 0 heterocycles. The molecule has 0 aliphatic heterocycles. The fourth-order valence-corrected chi connectivity index (χ4v) is 3.91. The van der Waals surface area contributed by atoms with Crippen LogP contribution in [0.3, 0.4) is 0 Å². The SMILES string of the molecule is C=C[C@](O)(/C=C/[C@@H]1[C@H]2CC(CO)=C[C@H]2C[C@H]1O)CCCCC. The molecule has 124 valence electrons. The summed E-state index contributed by atoms with van der Waals surface area (Å²) in [6.07, 6.45) is 12.7. The predicted molar refractivity (Wildman–Crippen MR) is 89.3 cm³/mol. The van der Waals surface area contributed by atoms with Crippen LogP contribution in [-0.2, 0) is 0 Å². The zero-order chi connectivity index (χ0) is 16.2. The van der Waals surface area contributed by atoms with Gasteiger partial charge >= 0.3 is 0 Å². The summed E-state index contributed by atoms with van der Waals surface area (Å²) >= 11 is 0. The third-order valence-corrected chi connectivity index (χ3v) is 5.29. The van der Waals surface area contributed by atoms with Crippen LogP contribution >= 0.6 is 0 Å². The third-order valence-electron chi connectivity index (χ3n) is 5.29. The van der Waals surface area contributed by atoms with Gasteiger partial charge in [-0.25, -0.2) is 0 Å². The highest BCUT2D eigenvalue weighted by atomic mass is 16.3. The van der Waals surface area contributed by atoms with Crippen molar-refractivity contribution in [3.63, 3.8) is 0 Å². The summed E-state index contributed by atoms with van der Waals surface area (Å²) in [5, 5.41) is 30.2. The fourth-order valence-electron chi connectivity index (χ4n) is 3.91. The maximum atomic E-state index is 10.6. The second kappa shape index (κ2) is 7.58. The van der Waals surface area contributed by atoms with Gasteiger partial charge in [0.05, 0.1) is 12.7 Å². The average Bonchev–Trinajstić information content (AvgIpc) is 3.02. The smallest absolute Gasteiger partial charge is 0.101 e. The van der Waals surface area contributed by atoms with E-state index in [1.54, 1.807) is 6.08 Å². The normalized spacial score (nSPS) is 33.7. The maximum Gasteiger partial charge on any atom is 0.101 e. The second-order valence-electron chi connectivity index (χ2n) is 6.91. The Morgan fingerprint density at radius 2 is 2.18 bits per heavy atom. The van der Waals surface area contributed by atoms with Crippen LogP contribution in [0.25, 0.3) is 0 Å². The summed E-state index contributed by atoms with van der Waals surface area (Å²) in [7, 11) is 0. The first kappa shape index (κ1) is 17.5. The van der Waals surface area contributed by atoms with Crippen molar-refractivity contribution in [2.24, 2.45) is 17.8 Å². The van der Waals surface area contributed by atoms with Crippen LogP contribution < -0.4 is 0 Å². The Labute approximate surface area is 134 Å². The fraction of sp³-hybridized carbons (Fsp3) is 0.684. The number of rotatable bonds is 8. The molecule has 3 heteroatoms. The summed E-state index contributed by atoms with van der Waals surface area (Å²) in [4.78, 5) is 0. The van der Waals surface area contributed by atoms with Crippen molar-refractivity contribution < 1.29 is 15.3 Å². The van der Waals surface area contributed by atoms with Gasteiger partial charge in [0.1, 0.15) is 5.60 Å². The lowest BCUT2D eigenvalue weighted by Gasteiger charge is -2.23. The standard InChI is InChI=1S/C19H30O3/c1-3-5-6-8-19(22,4-2)9-7-16-17-11-14(13-20)10-15(17)12-18(16)21/h4,7,9-10,15-18,20-22H,2-3,5-6,8,11-13H2,1H3/b9-7+/t15-,16+,17-,18+,19+/m0/s1. The van der Waals surface area contributed by atoms with Crippen molar-refractivity contribution in [1.82, 2.24) is 0 Å². The molecule has 0 saturated heterocycles. The van der Waals surface area contributed by atoms with Gasteiger partial charge in [0.2, 0.25) is 0 Å². The minimum atomic E-state index is -0.973. The topological polar surface area (TPSA) is 60.7 Å². The Morgan fingerprint density at radius 3 is 2.82 bits per heavy atom. The van der Waals surface area contributed by atoms with Crippen LogP contribution in [0.4, 0.5) is 0 Å². The molecule has 0 unspecified atom stereocenters. The molecule has 0 aromatic rings. The van der Waals surface area contributed by atoms with Gasteiger partial charge in [0, 0.05) is 5.92 Å². The van der Waals surface area contributed by atoms with Gasteiger partial charge in [0.15, 0.2) is 0 Å². The van der Waals surface area contributed by atoms with Crippen molar-refractivity contribution in [2.45, 2.75) is 57.2 Å². The Bertz CT molecular complexity index is 440. The molecule has 0 spiro atoms. The van der Waals surface area contributed by atoms with Crippen LogP contribution in [-0.4, -0.2) is 33.6 Å². The van der Waals surface area contributed by atoms with Gasteiger partial charge in [-0.05, 0) is 43.1 Å². The van der Waals surface area contributed by atoms with Gasteiger partial charge in [0.25, 0.3) is 0 Å². The summed E-state index contributed by atoms with van der Waals surface area (Å²) in [6.45, 7) is 6.02. The second-order valence-corrected chi connectivity index (χ2v) is 6.91. The third kappa shape index (κ3) is 3.89. The molecule has 1 fully saturated rings. The number of hydrogen-bond acceptors (Lipinski definition) is 3. The summed E-state index contributed by atoms with van der Waals surface area (Å²) in [5.74, 6) is 0.782. The maximum absolute atomic E-state index is 10.6. The number of hydrogen-bond donors (Lipinski definition) is 3. The largest absolute Gasteiger partial charge is 0.392 e. The minimum absolute atomic E-state index is 0.0583. The Hall–Kier alpha value is -0.900. The first-order chi connectivity index (χ1) is 10.5. The van der Waals surface area contributed by atoms with E-state index in [2.05, 4.69) is 19.6 Å². The lowest BCUT2D eigenvalue weighted by atomic mass is 9.87. The highest BCUT2D eigenvalue weighted by Crippen LogP contribution is 2.47. The number of aliphatic hydroxyl groups excluding tert-OH is 2. The average molecular weight is 306 g/mol. The van der Waals surface area contributed by atoms with E-state index >= 15 is 0 Å². The molecule has 0 radical (unpaired) electrons. The molecule has 0 amide bonds. The van der Waals surface area contributed by atoms with E-state index in [-0.39, 0.29) is 18.6 Å². The highest BCUT2D eigenvalue weighted by Gasteiger charge is 2.43. The molecule has 2 aliphatic rings. The first-order valence-corrected chi connectivity index (χ1v) is 8.56. The van der Waals surface area contributed by atoms with Gasteiger partial charge < -0.3 is 15.3 Å². The molecule has 3 nitrogen and oxygen atoms in total. The van der Waals surface area contributed by atoms with Crippen molar-refractivity contribution in [2.75, 3.05) is 6.61 Å². The van der Waals surface area contributed by atoms with Gasteiger partial charge in [-0.1, -0.05) is 50.6 Å². The monoisotopic (exact) mass is 306 g/mol. The van der Waals surface area contributed by atoms with E-state index in [1.807, 2.05) is 12.2 Å². The van der Waals surface area contributed by atoms with Crippen LogP contribution in [0.15, 0.2) is 36.5 Å². The van der Waals surface area contributed by atoms with E-state index in [4.69, 9.17) is 0 Å². The summed E-state index contributed by atoms with van der Waals surface area (Å²) in [6, 6.07) is 0. The van der Waals surface area contributed by atoms with E-state index in [9.17, 15) is 15.3 Å². The molecule has 0 aromatic carbocycles. The highest BCUT2D eigenvalue weighted by molar-refractivity contribution is 5.22. The lowest BCUT2D eigenvalue weighted by molar-refractivity contribution is 0.122. The van der Waals surface area contributed by atoms with E-state index in [0.29, 0.717) is 18.3 Å². The van der Waals surface area contributed by atoms with Crippen LogP contribution in [0.2, 0.25) is 0 Å². The van der Waals surface area contributed by atoms with Crippen molar-refractivity contribution in [3.8, 4) is 0 Å². The summed E-state index contributed by atoms with van der Waals surface area (Å²) in [5.41, 5.74) is 0.112. The molecule has 5 atom stereocenters. The number of unbranched alkanes of at least 4 members (excludes halogenated alkanes) is 2. The number of allylic oxidation sites excluding steroid dienone is 1. The Morgan fingerprint density at radius 1 is 1.41 bits per heavy atom. The molecule has 0 bridgehead atoms. The Balaban J connectivity index is 2.00. The number of aliphatic hydroxyl groups is 3. The van der Waals surface area contributed by atoms with Gasteiger partial charge in [-0.3, -0.25) is 0 Å². The van der Waals surface area contributed by atoms with E-state index < -0.39 is 5.60 Å².